The van der Waals surface area contributed by atoms with Crippen molar-refractivity contribution < 1.29 is 14.7 Å². The minimum absolute atomic E-state index is 0.0433. The van der Waals surface area contributed by atoms with E-state index in [-0.39, 0.29) is 24.0 Å². The summed E-state index contributed by atoms with van der Waals surface area (Å²) in [6, 6.07) is 10.3. The number of halogens is 1. The molecule has 0 unspecified atom stereocenters. The van der Waals surface area contributed by atoms with Gasteiger partial charge in [-0.3, -0.25) is 9.59 Å². The summed E-state index contributed by atoms with van der Waals surface area (Å²) in [5.41, 5.74) is 2.85. The van der Waals surface area contributed by atoms with Gasteiger partial charge in [0.05, 0.1) is 12.8 Å². The zero-order valence-electron chi connectivity index (χ0n) is 11.5. The first-order chi connectivity index (χ1) is 10.5. The molecule has 0 fully saturated rings. The van der Waals surface area contributed by atoms with Crippen LogP contribution in [0, 0.1) is 0 Å². The van der Waals surface area contributed by atoms with Crippen molar-refractivity contribution in [3.63, 3.8) is 0 Å². The van der Waals surface area contributed by atoms with Gasteiger partial charge in [-0.05, 0) is 35.9 Å². The molecule has 112 valence electrons. The zero-order valence-corrected chi connectivity index (χ0v) is 13.1. The van der Waals surface area contributed by atoms with Gasteiger partial charge in [-0.15, -0.1) is 0 Å². The number of phenols is 1. The third kappa shape index (κ3) is 3.12. The van der Waals surface area contributed by atoms with E-state index in [1.165, 1.54) is 0 Å². The summed E-state index contributed by atoms with van der Waals surface area (Å²) in [6.07, 6.45) is 0.403. The van der Waals surface area contributed by atoms with Crippen molar-refractivity contribution in [1.29, 1.82) is 0 Å². The summed E-state index contributed by atoms with van der Waals surface area (Å²) in [7, 11) is 0. The lowest BCUT2D eigenvalue weighted by Crippen LogP contribution is -2.14. The molecule has 0 spiro atoms. The van der Waals surface area contributed by atoms with Crippen molar-refractivity contribution in [3.8, 4) is 5.75 Å². The summed E-state index contributed by atoms with van der Waals surface area (Å²) in [5, 5.41) is 15.3. The Morgan fingerprint density at radius 2 is 2.09 bits per heavy atom. The monoisotopic (exact) mass is 360 g/mol. The highest BCUT2D eigenvalue weighted by atomic mass is 79.9. The number of carbonyl (C=O) groups excluding carboxylic acids is 2. The molecule has 2 amide bonds. The van der Waals surface area contributed by atoms with Crippen molar-refractivity contribution in [3.05, 3.63) is 52.0 Å². The van der Waals surface area contributed by atoms with Crippen LogP contribution in [0.25, 0.3) is 0 Å². The summed E-state index contributed by atoms with van der Waals surface area (Å²) in [6.45, 7) is 0. The van der Waals surface area contributed by atoms with E-state index >= 15 is 0 Å². The van der Waals surface area contributed by atoms with Crippen LogP contribution >= 0.6 is 15.9 Å². The summed E-state index contributed by atoms with van der Waals surface area (Å²) >= 11 is 3.26. The van der Waals surface area contributed by atoms with Crippen molar-refractivity contribution in [1.82, 2.24) is 0 Å². The molecule has 2 aromatic carbocycles. The molecule has 0 saturated carbocycles. The Balaban J connectivity index is 1.70. The van der Waals surface area contributed by atoms with E-state index in [9.17, 15) is 14.7 Å². The van der Waals surface area contributed by atoms with Crippen LogP contribution in [0.4, 0.5) is 11.4 Å². The topological polar surface area (TPSA) is 78.4 Å². The lowest BCUT2D eigenvalue weighted by Gasteiger charge is -2.08. The van der Waals surface area contributed by atoms with Gasteiger partial charge in [0.1, 0.15) is 5.75 Å². The van der Waals surface area contributed by atoms with Crippen LogP contribution in [0.1, 0.15) is 11.1 Å². The van der Waals surface area contributed by atoms with Gasteiger partial charge in [0.25, 0.3) is 0 Å². The van der Waals surface area contributed by atoms with Gasteiger partial charge in [-0.1, -0.05) is 22.0 Å². The van der Waals surface area contributed by atoms with E-state index < -0.39 is 0 Å². The third-order valence-corrected chi connectivity index (χ3v) is 3.91. The van der Waals surface area contributed by atoms with Crippen LogP contribution in [0.2, 0.25) is 0 Å². The Bertz CT molecular complexity index is 774. The summed E-state index contributed by atoms with van der Waals surface area (Å²) < 4.78 is 0.755. The van der Waals surface area contributed by atoms with Gasteiger partial charge in [-0.25, -0.2) is 0 Å². The normalized spacial score (nSPS) is 12.7. The maximum absolute atomic E-state index is 12.1. The van der Waals surface area contributed by atoms with Crippen molar-refractivity contribution in [2.75, 3.05) is 10.6 Å². The van der Waals surface area contributed by atoms with Crippen LogP contribution in [-0.4, -0.2) is 16.9 Å². The number of hydrogen-bond donors (Lipinski definition) is 3. The molecule has 0 saturated heterocycles. The van der Waals surface area contributed by atoms with Crippen LogP contribution in [0.3, 0.4) is 0 Å². The number of nitrogens with one attached hydrogen (secondary N) is 2. The molecule has 6 heteroatoms. The standard InChI is InChI=1S/C16H13BrN2O3/c17-11-2-1-9(14(20)8-11)6-15(21)18-12-3-4-13-10(5-12)7-16(22)19-13/h1-5,8,20H,6-7H2,(H,18,21)(H,19,22). The first kappa shape index (κ1) is 14.6. The van der Waals surface area contributed by atoms with Gasteiger partial charge in [0.2, 0.25) is 11.8 Å². The largest absolute Gasteiger partial charge is 0.508 e. The van der Waals surface area contributed by atoms with Crippen LogP contribution < -0.4 is 10.6 Å². The second-order valence-corrected chi connectivity index (χ2v) is 6.01. The molecule has 3 rings (SSSR count). The second-order valence-electron chi connectivity index (χ2n) is 5.09. The number of carbonyl (C=O) groups is 2. The smallest absolute Gasteiger partial charge is 0.228 e. The second kappa shape index (κ2) is 5.81. The van der Waals surface area contributed by atoms with E-state index in [0.29, 0.717) is 17.7 Å². The fraction of sp³-hybridized carbons (Fsp3) is 0.125. The molecule has 0 aromatic heterocycles. The number of amides is 2. The summed E-state index contributed by atoms with van der Waals surface area (Å²) in [5.74, 6) is -0.193. The Kier molecular flexibility index (Phi) is 3.85. The van der Waals surface area contributed by atoms with E-state index in [4.69, 9.17) is 0 Å². The van der Waals surface area contributed by atoms with Crippen molar-refractivity contribution in [2.45, 2.75) is 12.8 Å². The predicted octanol–water partition coefficient (Wildman–Crippen LogP) is 2.83. The Morgan fingerprint density at radius 3 is 2.86 bits per heavy atom. The maximum Gasteiger partial charge on any atom is 0.228 e. The molecule has 2 aromatic rings. The molecule has 1 aliphatic rings. The first-order valence-electron chi connectivity index (χ1n) is 6.71. The number of anilines is 2. The molecule has 1 heterocycles. The number of hydrogen-bond acceptors (Lipinski definition) is 3. The van der Waals surface area contributed by atoms with Gasteiger partial charge in [0.15, 0.2) is 0 Å². The van der Waals surface area contributed by atoms with Crippen LogP contribution in [-0.2, 0) is 22.4 Å². The fourth-order valence-electron chi connectivity index (χ4n) is 2.37. The lowest BCUT2D eigenvalue weighted by atomic mass is 10.1. The Hall–Kier alpha value is -2.34. The third-order valence-electron chi connectivity index (χ3n) is 3.41. The van der Waals surface area contributed by atoms with Gasteiger partial charge < -0.3 is 15.7 Å². The molecule has 0 atom stereocenters. The highest BCUT2D eigenvalue weighted by Gasteiger charge is 2.18. The molecule has 1 aliphatic heterocycles. The molecule has 22 heavy (non-hydrogen) atoms. The predicted molar refractivity (Wildman–Crippen MR) is 86.9 cm³/mol. The highest BCUT2D eigenvalue weighted by molar-refractivity contribution is 9.10. The van der Waals surface area contributed by atoms with Crippen molar-refractivity contribution >= 4 is 39.1 Å². The van der Waals surface area contributed by atoms with Gasteiger partial charge in [-0.2, -0.15) is 0 Å². The van der Waals surface area contributed by atoms with E-state index in [0.717, 1.165) is 15.7 Å². The SMILES string of the molecule is O=C(Cc1ccc(Br)cc1O)Nc1ccc2c(c1)CC(=O)N2. The Morgan fingerprint density at radius 1 is 1.27 bits per heavy atom. The molecule has 0 bridgehead atoms. The van der Waals surface area contributed by atoms with Crippen LogP contribution in [0.5, 0.6) is 5.75 Å². The van der Waals surface area contributed by atoms with Crippen LogP contribution in [0.15, 0.2) is 40.9 Å². The zero-order chi connectivity index (χ0) is 15.7. The Labute approximate surface area is 135 Å². The quantitative estimate of drug-likeness (QED) is 0.787. The van der Waals surface area contributed by atoms with E-state index in [1.54, 1.807) is 36.4 Å². The number of phenolic OH excluding ortho intramolecular Hbond substituents is 1. The molecular formula is C16H13BrN2O3. The lowest BCUT2D eigenvalue weighted by molar-refractivity contribution is -0.116. The molecular weight excluding hydrogens is 348 g/mol. The first-order valence-corrected chi connectivity index (χ1v) is 7.50. The maximum atomic E-state index is 12.1. The van der Waals surface area contributed by atoms with Crippen molar-refractivity contribution in [2.24, 2.45) is 0 Å². The van der Waals surface area contributed by atoms with Gasteiger partial charge in [0, 0.05) is 21.4 Å². The minimum atomic E-state index is -0.227. The molecule has 0 aliphatic carbocycles. The highest BCUT2D eigenvalue weighted by Crippen LogP contribution is 2.26. The van der Waals surface area contributed by atoms with E-state index in [1.807, 2.05) is 0 Å². The fourth-order valence-corrected chi connectivity index (χ4v) is 2.72. The minimum Gasteiger partial charge on any atom is -0.508 e. The number of fused-ring (bicyclic) bond motifs is 1. The van der Waals surface area contributed by atoms with Gasteiger partial charge >= 0.3 is 0 Å². The molecule has 3 N–H and O–H groups in total. The number of rotatable bonds is 3. The molecule has 0 radical (unpaired) electrons. The number of aromatic hydroxyl groups is 1. The van der Waals surface area contributed by atoms with E-state index in [2.05, 4.69) is 26.6 Å². The molecule has 5 nitrogen and oxygen atoms in total. The number of benzene rings is 2. The summed E-state index contributed by atoms with van der Waals surface area (Å²) in [4.78, 5) is 23.4. The average Bonchev–Trinajstić information content (AvgIpc) is 2.81. The average molecular weight is 361 g/mol.